The highest BCUT2D eigenvalue weighted by atomic mass is 35.5. The number of hydrogen-bond acceptors (Lipinski definition) is 1. The lowest BCUT2D eigenvalue weighted by molar-refractivity contribution is -0.107. The molecule has 1 aromatic rings. The molecule has 0 atom stereocenters. The van der Waals surface area contributed by atoms with Crippen molar-refractivity contribution in [3.8, 4) is 0 Å². The lowest BCUT2D eigenvalue weighted by atomic mass is 10.2. The monoisotopic (exact) mass is 208 g/mol. The maximum Gasteiger partial charge on any atom is 0.120 e. The van der Waals surface area contributed by atoms with Crippen LogP contribution in [0, 0.1) is 0 Å². The summed E-state index contributed by atoms with van der Waals surface area (Å²) < 4.78 is 0. The van der Waals surface area contributed by atoms with Gasteiger partial charge in [0.15, 0.2) is 0 Å². The van der Waals surface area contributed by atoms with E-state index in [0.717, 1.165) is 29.7 Å². The molecule has 0 bridgehead atoms. The first-order chi connectivity index (χ1) is 6.83. The lowest BCUT2D eigenvalue weighted by Crippen LogP contribution is -1.74. The van der Waals surface area contributed by atoms with Crippen LogP contribution in [0.3, 0.4) is 0 Å². The zero-order chi connectivity index (χ0) is 10.2. The number of hydrogen-bond donors (Lipinski definition) is 0. The molecule has 0 radical (unpaired) electrons. The summed E-state index contributed by atoms with van der Waals surface area (Å²) in [6.45, 7) is 0. The number of carbonyl (C=O) groups excluding carboxylic acids is 1. The van der Waals surface area contributed by atoms with Gasteiger partial charge in [-0.2, -0.15) is 0 Å². The third kappa shape index (κ3) is 4.24. The summed E-state index contributed by atoms with van der Waals surface area (Å²) in [5.74, 6) is 0. The van der Waals surface area contributed by atoms with Crippen molar-refractivity contribution >= 4 is 24.0 Å². The molecule has 0 heterocycles. The van der Waals surface area contributed by atoms with E-state index in [9.17, 15) is 4.79 Å². The van der Waals surface area contributed by atoms with Crippen LogP contribution in [0.15, 0.2) is 30.3 Å². The predicted octanol–water partition coefficient (Wildman–Crippen LogP) is 3.72. The fourth-order valence-corrected chi connectivity index (χ4v) is 1.24. The molecular weight excluding hydrogens is 196 g/mol. The highest BCUT2D eigenvalue weighted by Crippen LogP contribution is 2.11. The summed E-state index contributed by atoms with van der Waals surface area (Å²) in [6.07, 6.45) is 7.59. The highest BCUT2D eigenvalue weighted by Gasteiger charge is 1.87. The first-order valence-corrected chi connectivity index (χ1v) is 5.06. The molecule has 74 valence electrons. The van der Waals surface area contributed by atoms with E-state index >= 15 is 0 Å². The SMILES string of the molecule is O=CCCCC=Cc1ccc(Cl)cc1. The van der Waals surface area contributed by atoms with E-state index < -0.39 is 0 Å². The summed E-state index contributed by atoms with van der Waals surface area (Å²) in [5, 5.41) is 0.753. The van der Waals surface area contributed by atoms with Gasteiger partial charge in [0.2, 0.25) is 0 Å². The lowest BCUT2D eigenvalue weighted by Gasteiger charge is -1.93. The van der Waals surface area contributed by atoms with Gasteiger partial charge in [-0.05, 0) is 30.5 Å². The molecule has 14 heavy (non-hydrogen) atoms. The van der Waals surface area contributed by atoms with Crippen molar-refractivity contribution < 1.29 is 4.79 Å². The van der Waals surface area contributed by atoms with E-state index in [1.807, 2.05) is 30.3 Å². The van der Waals surface area contributed by atoms with Crippen molar-refractivity contribution in [1.29, 1.82) is 0 Å². The first kappa shape index (κ1) is 11.0. The molecule has 1 rings (SSSR count). The third-order valence-electron chi connectivity index (χ3n) is 1.87. The molecule has 1 nitrogen and oxygen atoms in total. The fourth-order valence-electron chi connectivity index (χ4n) is 1.11. The number of rotatable bonds is 5. The molecule has 0 saturated heterocycles. The van der Waals surface area contributed by atoms with Gasteiger partial charge < -0.3 is 4.79 Å². The Hall–Kier alpha value is -1.08. The van der Waals surface area contributed by atoms with Crippen molar-refractivity contribution in [3.63, 3.8) is 0 Å². The highest BCUT2D eigenvalue weighted by molar-refractivity contribution is 6.30. The molecule has 0 aliphatic heterocycles. The van der Waals surface area contributed by atoms with E-state index in [1.54, 1.807) is 0 Å². The minimum absolute atomic E-state index is 0.644. The normalized spacial score (nSPS) is 10.6. The Morgan fingerprint density at radius 2 is 1.86 bits per heavy atom. The van der Waals surface area contributed by atoms with Crippen LogP contribution in [-0.2, 0) is 4.79 Å². The Morgan fingerprint density at radius 3 is 2.50 bits per heavy atom. The number of halogens is 1. The van der Waals surface area contributed by atoms with Crippen molar-refractivity contribution in [2.45, 2.75) is 19.3 Å². The van der Waals surface area contributed by atoms with Gasteiger partial charge >= 0.3 is 0 Å². The summed E-state index contributed by atoms with van der Waals surface area (Å²) in [6, 6.07) is 7.68. The van der Waals surface area contributed by atoms with Crippen LogP contribution < -0.4 is 0 Å². The second-order valence-corrected chi connectivity index (χ2v) is 3.49. The third-order valence-corrected chi connectivity index (χ3v) is 2.13. The van der Waals surface area contributed by atoms with E-state index in [1.165, 1.54) is 0 Å². The molecule has 0 unspecified atom stereocenters. The molecule has 2 heteroatoms. The molecule has 0 fully saturated rings. The molecular formula is C12H13ClO. The molecule has 0 aliphatic carbocycles. The molecule has 0 spiro atoms. The second kappa shape index (κ2) is 6.39. The van der Waals surface area contributed by atoms with Gasteiger partial charge in [-0.15, -0.1) is 0 Å². The summed E-state index contributed by atoms with van der Waals surface area (Å²) in [7, 11) is 0. The van der Waals surface area contributed by atoms with E-state index in [2.05, 4.69) is 6.08 Å². The maximum atomic E-state index is 10.0. The molecule has 1 aromatic carbocycles. The van der Waals surface area contributed by atoms with Crippen molar-refractivity contribution in [1.82, 2.24) is 0 Å². The predicted molar refractivity (Wildman–Crippen MR) is 60.4 cm³/mol. The Morgan fingerprint density at radius 1 is 1.14 bits per heavy atom. The topological polar surface area (TPSA) is 17.1 Å². The molecule has 0 aromatic heterocycles. The van der Waals surface area contributed by atoms with Gasteiger partial charge in [0.25, 0.3) is 0 Å². The summed E-state index contributed by atoms with van der Waals surface area (Å²) in [4.78, 5) is 10.0. The van der Waals surface area contributed by atoms with Gasteiger partial charge in [0.05, 0.1) is 0 Å². The Kier molecular flexibility index (Phi) is 5.02. The molecule has 0 amide bonds. The fraction of sp³-hybridized carbons (Fsp3) is 0.250. The summed E-state index contributed by atoms with van der Waals surface area (Å²) >= 11 is 5.75. The molecule has 0 aliphatic rings. The van der Waals surface area contributed by atoms with Gasteiger partial charge in [-0.3, -0.25) is 0 Å². The van der Waals surface area contributed by atoms with Crippen LogP contribution in [0.25, 0.3) is 6.08 Å². The van der Waals surface area contributed by atoms with Gasteiger partial charge in [0, 0.05) is 11.4 Å². The number of carbonyl (C=O) groups is 1. The zero-order valence-corrected chi connectivity index (χ0v) is 8.70. The number of aldehydes is 1. The quantitative estimate of drug-likeness (QED) is 0.533. The van der Waals surface area contributed by atoms with E-state index in [-0.39, 0.29) is 0 Å². The minimum atomic E-state index is 0.644. The van der Waals surface area contributed by atoms with Crippen LogP contribution in [0.4, 0.5) is 0 Å². The Labute approximate surface area is 89.4 Å². The van der Waals surface area contributed by atoms with Crippen LogP contribution in [0.2, 0.25) is 5.02 Å². The van der Waals surface area contributed by atoms with E-state index in [0.29, 0.717) is 6.42 Å². The smallest absolute Gasteiger partial charge is 0.120 e. The van der Waals surface area contributed by atoms with Crippen LogP contribution in [0.1, 0.15) is 24.8 Å². The largest absolute Gasteiger partial charge is 0.303 e. The number of unbranched alkanes of at least 4 members (excludes halogenated alkanes) is 2. The maximum absolute atomic E-state index is 10.0. The van der Waals surface area contributed by atoms with Crippen molar-refractivity contribution in [3.05, 3.63) is 40.9 Å². The average Bonchev–Trinajstić information content (AvgIpc) is 2.21. The summed E-state index contributed by atoms with van der Waals surface area (Å²) in [5.41, 5.74) is 1.14. The Balaban J connectivity index is 2.36. The van der Waals surface area contributed by atoms with Gasteiger partial charge in [0.1, 0.15) is 6.29 Å². The number of benzene rings is 1. The Bertz CT molecular complexity index is 301. The van der Waals surface area contributed by atoms with Crippen molar-refractivity contribution in [2.24, 2.45) is 0 Å². The zero-order valence-electron chi connectivity index (χ0n) is 7.95. The standard InChI is InChI=1S/C12H13ClO/c13-12-8-6-11(7-9-12)5-3-1-2-4-10-14/h3,5-10H,1-2,4H2. The number of allylic oxidation sites excluding steroid dienone is 1. The van der Waals surface area contributed by atoms with Crippen LogP contribution in [0.5, 0.6) is 0 Å². The molecule has 0 saturated carbocycles. The first-order valence-electron chi connectivity index (χ1n) is 4.68. The molecule has 0 N–H and O–H groups in total. The van der Waals surface area contributed by atoms with Crippen LogP contribution >= 0.6 is 11.6 Å². The van der Waals surface area contributed by atoms with E-state index in [4.69, 9.17) is 11.6 Å². The van der Waals surface area contributed by atoms with Gasteiger partial charge in [-0.1, -0.05) is 35.9 Å². The minimum Gasteiger partial charge on any atom is -0.303 e. The second-order valence-electron chi connectivity index (χ2n) is 3.05. The van der Waals surface area contributed by atoms with Crippen molar-refractivity contribution in [2.75, 3.05) is 0 Å². The van der Waals surface area contributed by atoms with Gasteiger partial charge in [-0.25, -0.2) is 0 Å². The van der Waals surface area contributed by atoms with Crippen LogP contribution in [-0.4, -0.2) is 6.29 Å². The average molecular weight is 209 g/mol.